The molecule has 4 nitrogen and oxygen atoms in total. The summed E-state index contributed by atoms with van der Waals surface area (Å²) in [6.07, 6.45) is 0. The Balaban J connectivity index is 0.000000720. The highest BCUT2D eigenvalue weighted by Gasteiger charge is 1.98. The number of nitrogens with zero attached hydrogens (tertiary/aromatic N) is 2. The molecular formula is C7H9ClN4. The molecule has 0 spiro atoms. The van der Waals surface area contributed by atoms with Crippen LogP contribution in [0.5, 0.6) is 0 Å². The molecule has 2 heterocycles. The topological polar surface area (TPSA) is 67.6 Å². The number of pyridine rings is 1. The zero-order valence-electron chi connectivity index (χ0n) is 6.53. The second-order valence-corrected chi connectivity index (χ2v) is 2.43. The summed E-state index contributed by atoms with van der Waals surface area (Å²) in [5.74, 6) is 1.36. The highest BCUT2D eigenvalue weighted by molar-refractivity contribution is 5.85. The van der Waals surface area contributed by atoms with E-state index in [1.807, 2.05) is 13.0 Å². The van der Waals surface area contributed by atoms with Gasteiger partial charge in [0.1, 0.15) is 11.6 Å². The number of fused-ring (bicyclic) bond motifs is 1. The number of H-pyrrole nitrogens is 1. The summed E-state index contributed by atoms with van der Waals surface area (Å²) in [5, 5.41) is 0. The van der Waals surface area contributed by atoms with E-state index in [1.54, 1.807) is 6.07 Å². The van der Waals surface area contributed by atoms with Crippen molar-refractivity contribution in [2.24, 2.45) is 0 Å². The van der Waals surface area contributed by atoms with Crippen molar-refractivity contribution in [3.63, 3.8) is 0 Å². The van der Waals surface area contributed by atoms with E-state index in [0.717, 1.165) is 11.3 Å². The lowest BCUT2D eigenvalue weighted by atomic mass is 10.4. The van der Waals surface area contributed by atoms with E-state index in [4.69, 9.17) is 5.73 Å². The van der Waals surface area contributed by atoms with Crippen LogP contribution in [0.3, 0.4) is 0 Å². The Kier molecular flexibility index (Phi) is 2.19. The van der Waals surface area contributed by atoms with Gasteiger partial charge in [-0.2, -0.15) is 0 Å². The van der Waals surface area contributed by atoms with E-state index in [-0.39, 0.29) is 12.4 Å². The van der Waals surface area contributed by atoms with Crippen LogP contribution in [0.15, 0.2) is 12.1 Å². The van der Waals surface area contributed by atoms with Crippen LogP contribution in [-0.4, -0.2) is 15.0 Å². The monoisotopic (exact) mass is 184 g/mol. The van der Waals surface area contributed by atoms with Gasteiger partial charge in [-0.1, -0.05) is 0 Å². The van der Waals surface area contributed by atoms with Crippen LogP contribution in [0.4, 0.5) is 5.82 Å². The Bertz CT molecular complexity index is 395. The number of halogens is 1. The molecule has 0 aliphatic rings. The maximum Gasteiger partial charge on any atom is 0.179 e. The van der Waals surface area contributed by atoms with Crippen molar-refractivity contribution in [3.05, 3.63) is 18.0 Å². The van der Waals surface area contributed by atoms with Crippen LogP contribution in [0.2, 0.25) is 0 Å². The van der Waals surface area contributed by atoms with Gasteiger partial charge in [-0.05, 0) is 19.1 Å². The van der Waals surface area contributed by atoms with Crippen molar-refractivity contribution in [1.82, 2.24) is 15.0 Å². The predicted octanol–water partition coefficient (Wildman–Crippen LogP) is 1.27. The first kappa shape index (κ1) is 8.80. The number of aromatic nitrogens is 3. The maximum atomic E-state index is 5.47. The molecule has 0 unspecified atom stereocenters. The summed E-state index contributed by atoms with van der Waals surface area (Å²) in [4.78, 5) is 11.2. The summed E-state index contributed by atoms with van der Waals surface area (Å²) in [6, 6.07) is 3.62. The minimum Gasteiger partial charge on any atom is -0.384 e. The first-order valence-corrected chi connectivity index (χ1v) is 3.34. The van der Waals surface area contributed by atoms with Gasteiger partial charge in [0.25, 0.3) is 0 Å². The number of anilines is 1. The van der Waals surface area contributed by atoms with Gasteiger partial charge in [0.15, 0.2) is 5.65 Å². The molecule has 2 aromatic heterocycles. The number of aryl methyl sites for hydroxylation is 1. The van der Waals surface area contributed by atoms with Gasteiger partial charge in [0.2, 0.25) is 0 Å². The zero-order valence-corrected chi connectivity index (χ0v) is 7.35. The second-order valence-electron chi connectivity index (χ2n) is 2.43. The zero-order chi connectivity index (χ0) is 7.84. The molecule has 0 saturated heterocycles. The number of rotatable bonds is 0. The van der Waals surface area contributed by atoms with E-state index in [9.17, 15) is 0 Å². The van der Waals surface area contributed by atoms with E-state index in [1.165, 1.54) is 0 Å². The minimum atomic E-state index is 0. The Morgan fingerprint density at radius 3 is 2.83 bits per heavy atom. The number of nitrogens with two attached hydrogens (primary N) is 1. The summed E-state index contributed by atoms with van der Waals surface area (Å²) in [5.41, 5.74) is 7.08. The van der Waals surface area contributed by atoms with Crippen molar-refractivity contribution in [2.75, 3.05) is 5.73 Å². The summed E-state index contributed by atoms with van der Waals surface area (Å²) in [6.45, 7) is 1.89. The van der Waals surface area contributed by atoms with Gasteiger partial charge in [0, 0.05) is 0 Å². The smallest absolute Gasteiger partial charge is 0.179 e. The molecule has 0 saturated carbocycles. The molecule has 0 radical (unpaired) electrons. The standard InChI is InChI=1S/C7H8N4.ClH/c1-4-9-5-2-3-6(8)11-7(5)10-4;/h2-3H,1H3,(H3,8,9,10,11);1H. The quantitative estimate of drug-likeness (QED) is 0.648. The lowest BCUT2D eigenvalue weighted by molar-refractivity contribution is 1.16. The van der Waals surface area contributed by atoms with Crippen molar-refractivity contribution < 1.29 is 0 Å². The molecular weight excluding hydrogens is 176 g/mol. The molecule has 0 fully saturated rings. The largest absolute Gasteiger partial charge is 0.384 e. The number of hydrogen-bond donors (Lipinski definition) is 2. The molecule has 0 aliphatic carbocycles. The van der Waals surface area contributed by atoms with Gasteiger partial charge < -0.3 is 10.7 Å². The maximum absolute atomic E-state index is 5.47. The first-order valence-electron chi connectivity index (χ1n) is 3.34. The fourth-order valence-electron chi connectivity index (χ4n) is 1.03. The average Bonchev–Trinajstić information content (AvgIpc) is 2.27. The normalized spacial score (nSPS) is 9.75. The van der Waals surface area contributed by atoms with Crippen molar-refractivity contribution >= 4 is 29.4 Å². The SMILES string of the molecule is Cc1nc2nc(N)ccc2[nH]1.Cl. The molecule has 5 heteroatoms. The van der Waals surface area contributed by atoms with Crippen LogP contribution in [0.1, 0.15) is 5.82 Å². The van der Waals surface area contributed by atoms with Crippen LogP contribution >= 0.6 is 12.4 Å². The molecule has 2 aromatic rings. The second kappa shape index (κ2) is 2.98. The third-order valence-corrected chi connectivity index (χ3v) is 1.49. The summed E-state index contributed by atoms with van der Waals surface area (Å²) in [7, 11) is 0. The van der Waals surface area contributed by atoms with Crippen LogP contribution in [-0.2, 0) is 0 Å². The Morgan fingerprint density at radius 1 is 1.33 bits per heavy atom. The molecule has 2 rings (SSSR count). The van der Waals surface area contributed by atoms with Crippen LogP contribution < -0.4 is 5.73 Å². The molecule has 3 N–H and O–H groups in total. The van der Waals surface area contributed by atoms with Crippen molar-refractivity contribution in [1.29, 1.82) is 0 Å². The summed E-state index contributed by atoms with van der Waals surface area (Å²) >= 11 is 0. The van der Waals surface area contributed by atoms with E-state index in [0.29, 0.717) is 11.5 Å². The third kappa shape index (κ3) is 1.33. The molecule has 0 amide bonds. The molecule has 0 atom stereocenters. The molecule has 0 bridgehead atoms. The Hall–Kier alpha value is -1.29. The number of nitrogen functional groups attached to an aromatic ring is 1. The highest BCUT2D eigenvalue weighted by atomic mass is 35.5. The number of aromatic amines is 1. The van der Waals surface area contributed by atoms with Crippen LogP contribution in [0.25, 0.3) is 11.2 Å². The molecule has 64 valence electrons. The summed E-state index contributed by atoms with van der Waals surface area (Å²) < 4.78 is 0. The number of hydrogen-bond acceptors (Lipinski definition) is 3. The van der Waals surface area contributed by atoms with Gasteiger partial charge >= 0.3 is 0 Å². The molecule has 12 heavy (non-hydrogen) atoms. The van der Waals surface area contributed by atoms with E-state index >= 15 is 0 Å². The number of imidazole rings is 1. The van der Waals surface area contributed by atoms with Gasteiger partial charge in [-0.25, -0.2) is 9.97 Å². The van der Waals surface area contributed by atoms with Crippen molar-refractivity contribution in [3.8, 4) is 0 Å². The highest BCUT2D eigenvalue weighted by Crippen LogP contribution is 2.09. The molecule has 0 aliphatic heterocycles. The van der Waals surface area contributed by atoms with Gasteiger partial charge in [-0.3, -0.25) is 0 Å². The lowest BCUT2D eigenvalue weighted by Gasteiger charge is -1.88. The average molecular weight is 185 g/mol. The Labute approximate surface area is 75.6 Å². The lowest BCUT2D eigenvalue weighted by Crippen LogP contribution is -1.88. The third-order valence-electron chi connectivity index (χ3n) is 1.49. The van der Waals surface area contributed by atoms with Gasteiger partial charge in [-0.15, -0.1) is 12.4 Å². The Morgan fingerprint density at radius 2 is 2.08 bits per heavy atom. The van der Waals surface area contributed by atoms with Gasteiger partial charge in [0.05, 0.1) is 5.52 Å². The fourth-order valence-corrected chi connectivity index (χ4v) is 1.03. The van der Waals surface area contributed by atoms with Crippen LogP contribution in [0, 0.1) is 6.92 Å². The first-order chi connectivity index (χ1) is 5.25. The minimum absolute atomic E-state index is 0. The van der Waals surface area contributed by atoms with E-state index in [2.05, 4.69) is 15.0 Å². The van der Waals surface area contributed by atoms with Crippen molar-refractivity contribution in [2.45, 2.75) is 6.92 Å². The molecule has 0 aromatic carbocycles. The van der Waals surface area contributed by atoms with E-state index < -0.39 is 0 Å². The fraction of sp³-hybridized carbons (Fsp3) is 0.143. The predicted molar refractivity (Wildman–Crippen MR) is 50.3 cm³/mol. The number of nitrogens with one attached hydrogen (secondary N) is 1.